The maximum absolute atomic E-state index is 6.93. The highest BCUT2D eigenvalue weighted by molar-refractivity contribution is 6.34. The van der Waals surface area contributed by atoms with Crippen molar-refractivity contribution in [3.05, 3.63) is 69.3 Å². The van der Waals surface area contributed by atoms with Gasteiger partial charge in [0.15, 0.2) is 0 Å². The van der Waals surface area contributed by atoms with Crippen LogP contribution in [0.25, 0.3) is 20.8 Å². The average Bonchev–Trinajstić information content (AvgIpc) is 2.38. The Balaban J connectivity index is 2.51. The predicted octanol–water partition coefficient (Wildman–Crippen LogP) is 5.76. The first-order chi connectivity index (χ1) is 8.65. The molecule has 2 aromatic rings. The van der Waals surface area contributed by atoms with Crippen LogP contribution < -0.4 is 0 Å². The summed E-state index contributed by atoms with van der Waals surface area (Å²) in [6, 6.07) is 10.4. The number of rotatable bonds is 1. The molecule has 0 aliphatic rings. The fourth-order valence-electron chi connectivity index (χ4n) is 1.55. The Morgan fingerprint density at radius 1 is 0.722 bits per heavy atom. The van der Waals surface area contributed by atoms with Crippen LogP contribution in [0.2, 0.25) is 10.0 Å². The Hall–Kier alpha value is -2.00. The third kappa shape index (κ3) is 2.31. The normalized spacial score (nSPS) is 9.56. The highest BCUT2D eigenvalue weighted by Crippen LogP contribution is 2.34. The van der Waals surface area contributed by atoms with Crippen LogP contribution in [0.1, 0.15) is 0 Å². The molecule has 0 aliphatic carbocycles. The topological polar surface area (TPSA) is 8.72 Å². The largest absolute Gasteiger partial charge is 0.237 e. The average molecular weight is 273 g/mol. The van der Waals surface area contributed by atoms with Gasteiger partial charge in [-0.3, -0.25) is 0 Å². The van der Waals surface area contributed by atoms with Crippen LogP contribution in [-0.4, -0.2) is 0 Å². The van der Waals surface area contributed by atoms with Crippen LogP contribution in [0.3, 0.4) is 0 Å². The van der Waals surface area contributed by atoms with E-state index in [4.69, 9.17) is 36.3 Å². The van der Waals surface area contributed by atoms with Crippen molar-refractivity contribution in [3.8, 4) is 11.1 Å². The fourth-order valence-corrected chi connectivity index (χ4v) is 2.00. The molecule has 0 saturated heterocycles. The van der Waals surface area contributed by atoms with Crippen molar-refractivity contribution in [3.63, 3.8) is 0 Å². The van der Waals surface area contributed by atoms with Crippen molar-refractivity contribution in [2.75, 3.05) is 0 Å². The molecule has 0 unspecified atom stereocenters. The molecule has 0 radical (unpaired) electrons. The minimum absolute atomic E-state index is 0.410. The smallest absolute Gasteiger partial charge is 0.205 e. The summed E-state index contributed by atoms with van der Waals surface area (Å²) >= 11 is 12.0. The van der Waals surface area contributed by atoms with E-state index < -0.39 is 0 Å². The lowest BCUT2D eigenvalue weighted by Gasteiger charge is -2.05. The molecule has 0 aliphatic heterocycles. The Labute approximate surface area is 115 Å². The molecule has 2 rings (SSSR count). The minimum Gasteiger partial charge on any atom is -0.237 e. The molecule has 86 valence electrons. The van der Waals surface area contributed by atoms with Gasteiger partial charge in [-0.2, -0.15) is 0 Å². The Morgan fingerprint density at radius 2 is 1.11 bits per heavy atom. The SMILES string of the molecule is [C-]#[N+]c1ccc(-c2ccc([N+]#[C-])c(Cl)c2)cc1Cl. The summed E-state index contributed by atoms with van der Waals surface area (Å²) in [5, 5.41) is 0.820. The summed E-state index contributed by atoms with van der Waals surface area (Å²) in [5.74, 6) is 0. The van der Waals surface area contributed by atoms with Gasteiger partial charge in [0, 0.05) is 10.0 Å². The molecule has 2 aromatic carbocycles. The van der Waals surface area contributed by atoms with Crippen LogP contribution in [0.4, 0.5) is 11.4 Å². The van der Waals surface area contributed by atoms with Crippen LogP contribution >= 0.6 is 23.2 Å². The molecule has 4 heteroatoms. The second-order valence-electron chi connectivity index (χ2n) is 3.56. The number of nitrogens with zero attached hydrogens (tertiary/aromatic N) is 2. The molecule has 0 aromatic heterocycles. The van der Waals surface area contributed by atoms with E-state index in [2.05, 4.69) is 9.69 Å². The molecule has 0 heterocycles. The van der Waals surface area contributed by atoms with Gasteiger partial charge >= 0.3 is 0 Å². The van der Waals surface area contributed by atoms with E-state index >= 15 is 0 Å². The zero-order valence-electron chi connectivity index (χ0n) is 9.11. The first-order valence-electron chi connectivity index (χ1n) is 5.00. The van der Waals surface area contributed by atoms with Crippen LogP contribution in [0.15, 0.2) is 36.4 Å². The van der Waals surface area contributed by atoms with Gasteiger partial charge in [0.05, 0.1) is 13.1 Å². The molecule has 0 spiro atoms. The minimum atomic E-state index is 0.410. The van der Waals surface area contributed by atoms with E-state index in [9.17, 15) is 0 Å². The zero-order valence-corrected chi connectivity index (χ0v) is 10.6. The second-order valence-corrected chi connectivity index (χ2v) is 4.37. The summed E-state index contributed by atoms with van der Waals surface area (Å²) < 4.78 is 0. The highest BCUT2D eigenvalue weighted by atomic mass is 35.5. The van der Waals surface area contributed by atoms with Crippen molar-refractivity contribution in [2.45, 2.75) is 0 Å². The van der Waals surface area contributed by atoms with E-state index in [0.717, 1.165) is 11.1 Å². The van der Waals surface area contributed by atoms with Gasteiger partial charge in [0.2, 0.25) is 11.4 Å². The lowest BCUT2D eigenvalue weighted by atomic mass is 10.1. The van der Waals surface area contributed by atoms with Crippen molar-refractivity contribution >= 4 is 34.6 Å². The Bertz CT molecular complexity index is 632. The van der Waals surface area contributed by atoms with Crippen molar-refractivity contribution < 1.29 is 0 Å². The molecule has 2 nitrogen and oxygen atoms in total. The monoisotopic (exact) mass is 272 g/mol. The Morgan fingerprint density at radius 3 is 1.39 bits per heavy atom. The zero-order chi connectivity index (χ0) is 13.1. The molecular weight excluding hydrogens is 267 g/mol. The van der Waals surface area contributed by atoms with Gasteiger partial charge in [-0.05, 0) is 23.3 Å². The molecular formula is C14H6Cl2N2. The van der Waals surface area contributed by atoms with E-state index in [-0.39, 0.29) is 0 Å². The summed E-state index contributed by atoms with van der Waals surface area (Å²) in [6.07, 6.45) is 0. The molecule has 0 amide bonds. The van der Waals surface area contributed by atoms with Gasteiger partial charge in [-0.1, -0.05) is 47.5 Å². The lowest BCUT2D eigenvalue weighted by Crippen LogP contribution is -1.78. The first-order valence-corrected chi connectivity index (χ1v) is 5.75. The van der Waals surface area contributed by atoms with Crippen LogP contribution in [0, 0.1) is 13.1 Å². The maximum atomic E-state index is 6.93. The quantitative estimate of drug-likeness (QED) is 0.584. The van der Waals surface area contributed by atoms with E-state index in [0.29, 0.717) is 21.4 Å². The molecule has 18 heavy (non-hydrogen) atoms. The Kier molecular flexibility index (Phi) is 3.53. The molecule has 0 saturated carbocycles. The second kappa shape index (κ2) is 5.10. The molecule has 0 bridgehead atoms. The summed E-state index contributed by atoms with van der Waals surface area (Å²) in [5.41, 5.74) is 2.57. The highest BCUT2D eigenvalue weighted by Gasteiger charge is 2.06. The number of halogens is 2. The van der Waals surface area contributed by atoms with Gasteiger partial charge in [-0.25, -0.2) is 9.69 Å². The van der Waals surface area contributed by atoms with E-state index in [1.807, 2.05) is 12.1 Å². The molecule has 0 N–H and O–H groups in total. The third-order valence-corrected chi connectivity index (χ3v) is 3.08. The predicted molar refractivity (Wildman–Crippen MR) is 74.4 cm³/mol. The van der Waals surface area contributed by atoms with Crippen molar-refractivity contribution in [1.29, 1.82) is 0 Å². The molecule has 0 fully saturated rings. The van der Waals surface area contributed by atoms with Gasteiger partial charge in [-0.15, -0.1) is 0 Å². The maximum Gasteiger partial charge on any atom is 0.205 e. The fraction of sp³-hybridized carbons (Fsp3) is 0. The number of hydrogen-bond donors (Lipinski definition) is 0. The van der Waals surface area contributed by atoms with Crippen LogP contribution in [0.5, 0.6) is 0 Å². The standard InChI is InChI=1S/C14H6Cl2N2/c1-17-13-5-3-9(7-11(13)15)10-4-6-14(18-2)12(16)8-10/h3-8H. The van der Waals surface area contributed by atoms with E-state index in [1.54, 1.807) is 24.3 Å². The summed E-state index contributed by atoms with van der Waals surface area (Å²) in [7, 11) is 0. The lowest BCUT2D eigenvalue weighted by molar-refractivity contribution is 1.62. The summed E-state index contributed by atoms with van der Waals surface area (Å²) in [6.45, 7) is 13.9. The number of hydrogen-bond acceptors (Lipinski definition) is 0. The van der Waals surface area contributed by atoms with E-state index in [1.165, 1.54) is 0 Å². The van der Waals surface area contributed by atoms with Gasteiger partial charge in [0.25, 0.3) is 0 Å². The van der Waals surface area contributed by atoms with Crippen molar-refractivity contribution in [1.82, 2.24) is 0 Å². The summed E-state index contributed by atoms with van der Waals surface area (Å²) in [4.78, 5) is 6.60. The third-order valence-electron chi connectivity index (χ3n) is 2.47. The van der Waals surface area contributed by atoms with Crippen molar-refractivity contribution in [2.24, 2.45) is 0 Å². The first kappa shape index (κ1) is 12.5. The number of benzene rings is 2. The van der Waals surface area contributed by atoms with Gasteiger partial charge in [0.1, 0.15) is 0 Å². The van der Waals surface area contributed by atoms with Crippen LogP contribution in [-0.2, 0) is 0 Å². The molecule has 0 atom stereocenters. The van der Waals surface area contributed by atoms with Gasteiger partial charge < -0.3 is 0 Å².